The van der Waals surface area contributed by atoms with Crippen LogP contribution in [0.4, 0.5) is 4.39 Å². The Morgan fingerprint density at radius 1 is 1.53 bits per heavy atom. The van der Waals surface area contributed by atoms with Crippen molar-refractivity contribution < 1.29 is 9.13 Å². The molecule has 1 N–H and O–H groups in total. The van der Waals surface area contributed by atoms with Crippen molar-refractivity contribution in [2.24, 2.45) is 4.99 Å². The predicted molar refractivity (Wildman–Crippen MR) is 56.9 cm³/mol. The second-order valence-corrected chi connectivity index (χ2v) is 3.41. The maximum absolute atomic E-state index is 13.2. The van der Waals surface area contributed by atoms with Gasteiger partial charge in [0.2, 0.25) is 0 Å². The molecule has 0 saturated carbocycles. The van der Waals surface area contributed by atoms with E-state index in [9.17, 15) is 4.39 Å². The fourth-order valence-corrected chi connectivity index (χ4v) is 1.43. The molecular formula is C11H13FN2O. The molecule has 2 rings (SSSR count). The number of nitrogens with zero attached hydrogens (tertiary/aromatic N) is 1. The van der Waals surface area contributed by atoms with Gasteiger partial charge in [-0.2, -0.15) is 0 Å². The van der Waals surface area contributed by atoms with E-state index in [2.05, 4.69) is 10.3 Å². The minimum Gasteiger partial charge on any atom is -0.485 e. The van der Waals surface area contributed by atoms with Crippen molar-refractivity contribution in [3.8, 4) is 5.75 Å². The first-order valence-electron chi connectivity index (χ1n) is 4.92. The second kappa shape index (κ2) is 4.29. The fraction of sp³-hybridized carbons (Fsp3) is 0.364. The van der Waals surface area contributed by atoms with Crippen LogP contribution >= 0.6 is 0 Å². The lowest BCUT2D eigenvalue weighted by atomic mass is 10.2. The van der Waals surface area contributed by atoms with Gasteiger partial charge in [-0.3, -0.25) is 4.99 Å². The van der Waals surface area contributed by atoms with E-state index in [0.717, 1.165) is 18.9 Å². The Balaban J connectivity index is 2.01. The van der Waals surface area contributed by atoms with Gasteiger partial charge in [-0.05, 0) is 19.1 Å². The van der Waals surface area contributed by atoms with E-state index in [-0.39, 0.29) is 5.82 Å². The Labute approximate surface area is 88.0 Å². The lowest BCUT2D eigenvalue weighted by molar-refractivity contribution is 0.367. The maximum atomic E-state index is 13.2. The average Bonchev–Trinajstić information content (AvgIpc) is 2.73. The third-order valence-corrected chi connectivity index (χ3v) is 2.33. The highest BCUT2D eigenvalue weighted by molar-refractivity contribution is 5.85. The van der Waals surface area contributed by atoms with Crippen LogP contribution in [0, 0.1) is 12.7 Å². The summed E-state index contributed by atoms with van der Waals surface area (Å²) in [5, 5.41) is 3.09. The Kier molecular flexibility index (Phi) is 2.85. The van der Waals surface area contributed by atoms with Crippen LogP contribution in [0.25, 0.3) is 0 Å². The number of hydrogen-bond acceptors (Lipinski definition) is 3. The van der Waals surface area contributed by atoms with Gasteiger partial charge < -0.3 is 10.1 Å². The van der Waals surface area contributed by atoms with E-state index < -0.39 is 0 Å². The summed E-state index contributed by atoms with van der Waals surface area (Å²) < 4.78 is 18.6. The highest BCUT2D eigenvalue weighted by atomic mass is 19.1. The summed E-state index contributed by atoms with van der Waals surface area (Å²) in [7, 11) is 0. The van der Waals surface area contributed by atoms with Crippen molar-refractivity contribution in [2.45, 2.75) is 6.92 Å². The van der Waals surface area contributed by atoms with Gasteiger partial charge in [0.05, 0.1) is 6.54 Å². The average molecular weight is 208 g/mol. The summed E-state index contributed by atoms with van der Waals surface area (Å²) in [6, 6.07) is 4.82. The van der Waals surface area contributed by atoms with Gasteiger partial charge in [-0.1, -0.05) is 6.07 Å². The summed E-state index contributed by atoms with van der Waals surface area (Å²) >= 11 is 0. The molecule has 1 heterocycles. The molecule has 4 heteroatoms. The van der Waals surface area contributed by atoms with Crippen LogP contribution in [0.5, 0.6) is 5.75 Å². The zero-order valence-corrected chi connectivity index (χ0v) is 8.59. The number of hydrogen-bond donors (Lipinski definition) is 1. The molecule has 0 spiro atoms. The third kappa shape index (κ3) is 2.26. The van der Waals surface area contributed by atoms with Gasteiger partial charge in [-0.15, -0.1) is 0 Å². The maximum Gasteiger partial charge on any atom is 0.145 e. The number of benzene rings is 1. The molecule has 0 unspecified atom stereocenters. The molecule has 0 atom stereocenters. The Bertz CT molecular complexity index is 390. The van der Waals surface area contributed by atoms with Gasteiger partial charge >= 0.3 is 0 Å². The van der Waals surface area contributed by atoms with Gasteiger partial charge in [0.25, 0.3) is 0 Å². The number of amidine groups is 1. The normalized spacial score (nSPS) is 14.7. The molecular weight excluding hydrogens is 195 g/mol. The molecule has 3 nitrogen and oxygen atoms in total. The first-order chi connectivity index (χ1) is 7.27. The molecule has 0 amide bonds. The van der Waals surface area contributed by atoms with Gasteiger partial charge in [0.15, 0.2) is 0 Å². The van der Waals surface area contributed by atoms with Gasteiger partial charge in [-0.25, -0.2) is 4.39 Å². The zero-order valence-electron chi connectivity index (χ0n) is 8.59. The quantitative estimate of drug-likeness (QED) is 0.817. The van der Waals surface area contributed by atoms with Crippen molar-refractivity contribution in [3.05, 3.63) is 29.6 Å². The highest BCUT2D eigenvalue weighted by Gasteiger charge is 2.08. The van der Waals surface area contributed by atoms with E-state index in [0.29, 0.717) is 17.9 Å². The SMILES string of the molecule is Cc1c(F)cccc1OCC1=NCCN1. The van der Waals surface area contributed by atoms with E-state index in [1.807, 2.05) is 0 Å². The molecule has 0 aromatic heterocycles. The first-order valence-corrected chi connectivity index (χ1v) is 4.92. The molecule has 1 aromatic rings. The molecule has 0 aliphatic carbocycles. The summed E-state index contributed by atoms with van der Waals surface area (Å²) in [5.74, 6) is 1.17. The standard InChI is InChI=1S/C11H13FN2O/c1-8-9(12)3-2-4-10(8)15-7-11-13-5-6-14-11/h2-4H,5-7H2,1H3,(H,13,14). The fourth-order valence-electron chi connectivity index (χ4n) is 1.43. The van der Waals surface area contributed by atoms with E-state index in [1.165, 1.54) is 6.07 Å². The van der Waals surface area contributed by atoms with Crippen molar-refractivity contribution in [2.75, 3.05) is 19.7 Å². The highest BCUT2D eigenvalue weighted by Crippen LogP contribution is 2.19. The van der Waals surface area contributed by atoms with Crippen molar-refractivity contribution in [3.63, 3.8) is 0 Å². The number of rotatable bonds is 3. The number of ether oxygens (including phenoxy) is 1. The van der Waals surface area contributed by atoms with Crippen molar-refractivity contribution in [1.82, 2.24) is 5.32 Å². The number of aliphatic imine (C=N–C) groups is 1. The summed E-state index contributed by atoms with van der Waals surface area (Å²) in [6.45, 7) is 3.74. The minimum atomic E-state index is -0.242. The smallest absolute Gasteiger partial charge is 0.145 e. The molecule has 80 valence electrons. The van der Waals surface area contributed by atoms with E-state index in [1.54, 1.807) is 19.1 Å². The third-order valence-electron chi connectivity index (χ3n) is 2.33. The molecule has 0 bridgehead atoms. The first kappa shape index (κ1) is 9.96. The van der Waals surface area contributed by atoms with Gasteiger partial charge in [0, 0.05) is 12.1 Å². The second-order valence-electron chi connectivity index (χ2n) is 3.41. The van der Waals surface area contributed by atoms with Gasteiger partial charge in [0.1, 0.15) is 24.0 Å². The predicted octanol–water partition coefficient (Wildman–Crippen LogP) is 1.51. The van der Waals surface area contributed by atoms with Crippen molar-refractivity contribution >= 4 is 5.84 Å². The van der Waals surface area contributed by atoms with Crippen LogP contribution in [0.1, 0.15) is 5.56 Å². The van der Waals surface area contributed by atoms with E-state index in [4.69, 9.17) is 4.74 Å². The van der Waals surface area contributed by atoms with Crippen LogP contribution in [0.3, 0.4) is 0 Å². The van der Waals surface area contributed by atoms with E-state index >= 15 is 0 Å². The lowest BCUT2D eigenvalue weighted by Gasteiger charge is -2.09. The molecule has 1 aliphatic heterocycles. The van der Waals surface area contributed by atoms with Crippen LogP contribution in [-0.2, 0) is 0 Å². The molecule has 1 aromatic carbocycles. The molecule has 1 aliphatic rings. The number of halogens is 1. The Hall–Kier alpha value is -1.58. The molecule has 0 saturated heterocycles. The van der Waals surface area contributed by atoms with Crippen LogP contribution in [0.2, 0.25) is 0 Å². The number of nitrogens with one attached hydrogen (secondary N) is 1. The molecule has 15 heavy (non-hydrogen) atoms. The molecule has 0 fully saturated rings. The lowest BCUT2D eigenvalue weighted by Crippen LogP contribution is -2.25. The minimum absolute atomic E-state index is 0.242. The summed E-state index contributed by atoms with van der Waals surface area (Å²) in [6.07, 6.45) is 0. The van der Waals surface area contributed by atoms with Crippen LogP contribution in [0.15, 0.2) is 23.2 Å². The monoisotopic (exact) mass is 208 g/mol. The zero-order chi connectivity index (χ0) is 10.7. The Morgan fingerprint density at radius 3 is 3.13 bits per heavy atom. The van der Waals surface area contributed by atoms with Crippen LogP contribution in [-0.4, -0.2) is 25.5 Å². The summed E-state index contributed by atoms with van der Waals surface area (Å²) in [4.78, 5) is 4.19. The molecule has 0 radical (unpaired) electrons. The van der Waals surface area contributed by atoms with Crippen molar-refractivity contribution in [1.29, 1.82) is 0 Å². The Morgan fingerprint density at radius 2 is 2.40 bits per heavy atom. The van der Waals surface area contributed by atoms with Crippen LogP contribution < -0.4 is 10.1 Å². The summed E-state index contributed by atoms with van der Waals surface area (Å²) in [5.41, 5.74) is 0.538. The largest absolute Gasteiger partial charge is 0.485 e. The topological polar surface area (TPSA) is 33.6 Å².